The molecule has 0 amide bonds. The fraction of sp³-hybridized carbons (Fsp3) is 0.385. The molecule has 0 radical (unpaired) electrons. The first kappa shape index (κ1) is 38.8. The van der Waals surface area contributed by atoms with E-state index in [2.05, 4.69) is 152 Å². The molecule has 0 aromatic heterocycles. The molecule has 0 atom stereocenters. The summed E-state index contributed by atoms with van der Waals surface area (Å²) in [5.74, 6) is 0. The number of benzene rings is 4. The van der Waals surface area contributed by atoms with Crippen molar-refractivity contribution in [1.82, 2.24) is 0 Å². The van der Waals surface area contributed by atoms with Crippen LogP contribution < -0.4 is 0 Å². The van der Waals surface area contributed by atoms with E-state index >= 15 is 0 Å². The van der Waals surface area contributed by atoms with E-state index in [9.17, 15) is 0 Å². The van der Waals surface area contributed by atoms with Gasteiger partial charge < -0.3 is 15.3 Å². The van der Waals surface area contributed by atoms with Crippen LogP contribution in [0.3, 0.4) is 0 Å². The monoisotopic (exact) mass is 572 g/mol. The van der Waals surface area contributed by atoms with Crippen molar-refractivity contribution in [1.29, 1.82) is 0 Å². The Morgan fingerprint density at radius 2 is 0.571 bits per heavy atom. The molecule has 0 spiro atoms. The van der Waals surface area contributed by atoms with Crippen LogP contribution in [0, 0.1) is 13.8 Å². The van der Waals surface area contributed by atoms with Crippen molar-refractivity contribution < 1.29 is 15.3 Å². The molecule has 0 aliphatic heterocycles. The van der Waals surface area contributed by atoms with Gasteiger partial charge in [0.05, 0.1) is 0 Å². The van der Waals surface area contributed by atoms with E-state index in [0.717, 1.165) is 34.2 Å². The van der Waals surface area contributed by atoms with Crippen LogP contribution in [0.4, 0.5) is 0 Å². The summed E-state index contributed by atoms with van der Waals surface area (Å²) >= 11 is 0. The van der Waals surface area contributed by atoms with Crippen molar-refractivity contribution in [2.75, 3.05) is 21.3 Å². The summed E-state index contributed by atoms with van der Waals surface area (Å²) < 4.78 is 0. The highest BCUT2D eigenvalue weighted by atomic mass is 16.2. The standard InChI is InChI=1S/C19H24.C17H20.3CH4O/c1-5-15-7-11-17(12-8-15)19(3,4)18-13-9-16(6-2)10-14-18;1-13-5-9-15(10-6-13)17(3,4)16-11-7-14(2)8-12-16;3*1-2/h7-14H,5-6H2,1-4H3;5-12H,1-4H3;3*2H,1H3. The lowest BCUT2D eigenvalue weighted by Gasteiger charge is -2.26. The van der Waals surface area contributed by atoms with Gasteiger partial charge in [0.2, 0.25) is 0 Å². The van der Waals surface area contributed by atoms with E-state index in [4.69, 9.17) is 15.3 Å². The van der Waals surface area contributed by atoms with Crippen LogP contribution in [0.25, 0.3) is 0 Å². The Kier molecular flexibility index (Phi) is 18.3. The third-order valence-electron chi connectivity index (χ3n) is 7.71. The number of hydrogen-bond acceptors (Lipinski definition) is 3. The predicted octanol–water partition coefficient (Wildman–Crippen LogP) is 8.59. The Morgan fingerprint density at radius 1 is 0.381 bits per heavy atom. The minimum absolute atomic E-state index is 0.0680. The van der Waals surface area contributed by atoms with Gasteiger partial charge in [0, 0.05) is 32.2 Å². The van der Waals surface area contributed by atoms with Crippen molar-refractivity contribution >= 4 is 0 Å². The fourth-order valence-corrected chi connectivity index (χ4v) is 4.59. The third kappa shape index (κ3) is 11.2. The normalized spacial score (nSPS) is 10.3. The second-order valence-corrected chi connectivity index (χ2v) is 11.1. The van der Waals surface area contributed by atoms with Crippen LogP contribution in [0.15, 0.2) is 97.1 Å². The van der Waals surface area contributed by atoms with Crippen LogP contribution in [-0.2, 0) is 23.7 Å². The molecular formula is C39H56O3. The fourth-order valence-electron chi connectivity index (χ4n) is 4.59. The molecule has 0 bridgehead atoms. The lowest BCUT2D eigenvalue weighted by atomic mass is 9.77. The van der Waals surface area contributed by atoms with Crippen molar-refractivity contribution in [3.63, 3.8) is 0 Å². The van der Waals surface area contributed by atoms with Gasteiger partial charge in [-0.05, 0) is 60.1 Å². The highest BCUT2D eigenvalue weighted by Gasteiger charge is 2.23. The van der Waals surface area contributed by atoms with Crippen molar-refractivity contribution in [2.45, 2.75) is 79.1 Å². The highest BCUT2D eigenvalue weighted by molar-refractivity contribution is 5.40. The van der Waals surface area contributed by atoms with E-state index in [0.29, 0.717) is 0 Å². The summed E-state index contributed by atoms with van der Waals surface area (Å²) in [6, 6.07) is 35.7. The first-order chi connectivity index (χ1) is 20.1. The van der Waals surface area contributed by atoms with Crippen LogP contribution >= 0.6 is 0 Å². The number of aliphatic hydroxyl groups is 3. The van der Waals surface area contributed by atoms with Crippen LogP contribution in [0.1, 0.15) is 86.1 Å². The molecule has 0 saturated carbocycles. The van der Waals surface area contributed by atoms with Gasteiger partial charge in [0.1, 0.15) is 0 Å². The molecule has 0 unspecified atom stereocenters. The predicted molar refractivity (Wildman–Crippen MR) is 183 cm³/mol. The average Bonchev–Trinajstić information content (AvgIpc) is 3.04. The maximum atomic E-state index is 7.00. The van der Waals surface area contributed by atoms with E-state index < -0.39 is 0 Å². The molecule has 3 heteroatoms. The third-order valence-corrected chi connectivity index (χ3v) is 7.71. The summed E-state index contributed by atoms with van der Waals surface area (Å²) in [6.45, 7) is 17.8. The first-order valence-corrected chi connectivity index (χ1v) is 14.7. The van der Waals surface area contributed by atoms with E-state index in [1.165, 1.54) is 44.5 Å². The molecule has 0 aliphatic rings. The van der Waals surface area contributed by atoms with Crippen LogP contribution in [0.5, 0.6) is 0 Å². The van der Waals surface area contributed by atoms with Gasteiger partial charge in [-0.2, -0.15) is 0 Å². The van der Waals surface area contributed by atoms with E-state index in [1.807, 2.05) is 0 Å². The number of aryl methyl sites for hydroxylation is 4. The summed E-state index contributed by atoms with van der Waals surface area (Å²) in [6.07, 6.45) is 2.21. The molecule has 0 heterocycles. The van der Waals surface area contributed by atoms with Gasteiger partial charge in [-0.25, -0.2) is 0 Å². The second-order valence-electron chi connectivity index (χ2n) is 11.1. The highest BCUT2D eigenvalue weighted by Crippen LogP contribution is 2.32. The quantitative estimate of drug-likeness (QED) is 0.217. The number of rotatable bonds is 6. The van der Waals surface area contributed by atoms with E-state index in [-0.39, 0.29) is 10.8 Å². The Labute approximate surface area is 256 Å². The first-order valence-electron chi connectivity index (χ1n) is 14.7. The van der Waals surface area contributed by atoms with Crippen molar-refractivity contribution in [2.24, 2.45) is 0 Å². The second kappa shape index (κ2) is 19.8. The van der Waals surface area contributed by atoms with Gasteiger partial charge >= 0.3 is 0 Å². The molecule has 4 aromatic carbocycles. The van der Waals surface area contributed by atoms with Gasteiger partial charge in [-0.15, -0.1) is 0 Å². The lowest BCUT2D eigenvalue weighted by molar-refractivity contribution is 0.399. The molecule has 42 heavy (non-hydrogen) atoms. The van der Waals surface area contributed by atoms with Crippen LogP contribution in [-0.4, -0.2) is 36.6 Å². The minimum atomic E-state index is 0.0680. The molecule has 3 N–H and O–H groups in total. The van der Waals surface area contributed by atoms with Crippen molar-refractivity contribution in [3.05, 3.63) is 142 Å². The zero-order valence-electron chi connectivity index (χ0n) is 28.0. The Morgan fingerprint density at radius 3 is 0.762 bits per heavy atom. The Balaban J connectivity index is 0.000000682. The van der Waals surface area contributed by atoms with E-state index in [1.54, 1.807) is 0 Å². The van der Waals surface area contributed by atoms with Crippen LogP contribution in [0.2, 0.25) is 0 Å². The zero-order valence-corrected chi connectivity index (χ0v) is 28.0. The molecule has 230 valence electrons. The van der Waals surface area contributed by atoms with Gasteiger partial charge in [0.15, 0.2) is 0 Å². The lowest BCUT2D eigenvalue weighted by Crippen LogP contribution is -2.18. The van der Waals surface area contributed by atoms with Gasteiger partial charge in [-0.1, -0.05) is 150 Å². The Hall–Kier alpha value is -3.24. The number of hydrogen-bond donors (Lipinski definition) is 3. The topological polar surface area (TPSA) is 60.7 Å². The molecule has 4 aromatic rings. The zero-order chi connectivity index (χ0) is 32.3. The summed E-state index contributed by atoms with van der Waals surface area (Å²) in [5, 5.41) is 21.0. The maximum absolute atomic E-state index is 7.00. The molecular weight excluding hydrogens is 516 g/mol. The molecule has 0 aliphatic carbocycles. The molecule has 4 rings (SSSR count). The van der Waals surface area contributed by atoms with Gasteiger partial charge in [0.25, 0.3) is 0 Å². The van der Waals surface area contributed by atoms with Crippen molar-refractivity contribution in [3.8, 4) is 0 Å². The summed E-state index contributed by atoms with van der Waals surface area (Å²) in [7, 11) is 3.00. The number of aliphatic hydroxyl groups excluding tert-OH is 3. The maximum Gasteiger partial charge on any atom is 0.0319 e. The summed E-state index contributed by atoms with van der Waals surface area (Å²) in [5.41, 5.74) is 11.1. The smallest absolute Gasteiger partial charge is 0.0319 e. The Bertz CT molecular complexity index is 1120. The average molecular weight is 573 g/mol. The summed E-state index contributed by atoms with van der Waals surface area (Å²) in [4.78, 5) is 0. The molecule has 0 saturated heterocycles. The minimum Gasteiger partial charge on any atom is -0.400 e. The molecule has 0 fully saturated rings. The largest absolute Gasteiger partial charge is 0.400 e. The SMILES string of the molecule is CCc1ccc(C(C)(C)c2ccc(CC)cc2)cc1.CO.CO.CO.Cc1ccc(C(C)(C)c2ccc(C)cc2)cc1. The van der Waals surface area contributed by atoms with Gasteiger partial charge in [-0.3, -0.25) is 0 Å². The molecule has 3 nitrogen and oxygen atoms in total.